The van der Waals surface area contributed by atoms with Gasteiger partial charge in [0.15, 0.2) is 0 Å². The Labute approximate surface area is 177 Å². The molecule has 0 unspecified atom stereocenters. The summed E-state index contributed by atoms with van der Waals surface area (Å²) >= 11 is 0. The first-order chi connectivity index (χ1) is 15.1. The second-order valence-corrected chi connectivity index (χ2v) is 7.76. The highest BCUT2D eigenvalue weighted by atomic mass is 19.3. The fourth-order valence-electron chi connectivity index (χ4n) is 4.08. The second kappa shape index (κ2) is 8.07. The molecule has 1 saturated heterocycles. The molecule has 0 saturated carbocycles. The summed E-state index contributed by atoms with van der Waals surface area (Å²) in [7, 11) is 0. The minimum Gasteiger partial charge on any atom is -0.369 e. The van der Waals surface area contributed by atoms with Gasteiger partial charge in [0, 0.05) is 50.8 Å². The molecule has 0 bridgehead atoms. The maximum absolute atomic E-state index is 12.6. The minimum atomic E-state index is -2.59. The summed E-state index contributed by atoms with van der Waals surface area (Å²) in [6.07, 6.45) is 2.68. The molecule has 0 atom stereocenters. The van der Waals surface area contributed by atoms with E-state index < -0.39 is 18.5 Å². The lowest BCUT2D eigenvalue weighted by atomic mass is 10.2. The molecule has 0 amide bonds. The van der Waals surface area contributed by atoms with Crippen LogP contribution in [0.5, 0.6) is 0 Å². The Bertz CT molecular complexity index is 1240. The lowest BCUT2D eigenvalue weighted by molar-refractivity contribution is 0.125. The van der Waals surface area contributed by atoms with E-state index >= 15 is 0 Å². The van der Waals surface area contributed by atoms with Gasteiger partial charge >= 0.3 is 0 Å². The van der Waals surface area contributed by atoms with Crippen LogP contribution >= 0.6 is 0 Å². The molecule has 5 rings (SSSR count). The molecule has 1 aliphatic heterocycles. The van der Waals surface area contributed by atoms with Crippen LogP contribution in [0.2, 0.25) is 0 Å². The van der Waals surface area contributed by atoms with Crippen molar-refractivity contribution >= 4 is 22.2 Å². The van der Waals surface area contributed by atoms with E-state index in [9.17, 15) is 13.6 Å². The number of nitrogens with zero attached hydrogens (tertiary/aromatic N) is 6. The van der Waals surface area contributed by atoms with E-state index in [0.29, 0.717) is 10.9 Å². The Kier molecular flexibility index (Phi) is 5.11. The molecule has 4 aromatic rings. The van der Waals surface area contributed by atoms with Crippen molar-refractivity contribution in [3.63, 3.8) is 0 Å². The minimum absolute atomic E-state index is 0.359. The van der Waals surface area contributed by atoms with E-state index in [4.69, 9.17) is 0 Å². The first kappa shape index (κ1) is 19.6. The topological polar surface area (TPSA) is 58.7 Å². The number of fused-ring (bicyclic) bond motifs is 2. The highest BCUT2D eigenvalue weighted by Crippen LogP contribution is 2.21. The van der Waals surface area contributed by atoms with Crippen LogP contribution in [-0.2, 0) is 13.1 Å². The third-order valence-electron chi connectivity index (χ3n) is 5.68. The molecule has 7 nitrogen and oxygen atoms in total. The number of rotatable bonds is 5. The van der Waals surface area contributed by atoms with Crippen LogP contribution in [0.15, 0.2) is 59.9 Å². The lowest BCUT2D eigenvalue weighted by Crippen LogP contribution is -2.46. The number of halogens is 2. The Morgan fingerprint density at radius 1 is 1.06 bits per heavy atom. The van der Waals surface area contributed by atoms with Gasteiger partial charge in [-0.05, 0) is 30.3 Å². The Morgan fingerprint density at radius 3 is 2.68 bits per heavy atom. The van der Waals surface area contributed by atoms with Crippen molar-refractivity contribution < 1.29 is 8.78 Å². The van der Waals surface area contributed by atoms with Crippen LogP contribution < -0.4 is 10.5 Å². The van der Waals surface area contributed by atoms with Crippen molar-refractivity contribution in [2.24, 2.45) is 0 Å². The summed E-state index contributed by atoms with van der Waals surface area (Å²) < 4.78 is 28.2. The molecular formula is C22H22F2N6O. The molecule has 0 aliphatic carbocycles. The number of alkyl halides is 2. The molecule has 1 aromatic carbocycles. The summed E-state index contributed by atoms with van der Waals surface area (Å²) in [6, 6.07) is 11.4. The number of pyridine rings is 1. The zero-order chi connectivity index (χ0) is 21.4. The zero-order valence-electron chi connectivity index (χ0n) is 16.9. The SMILES string of the molecule is O=c1c2ccc(N3CCN(Cc4cn5ccccc5n4)CC3)cc2ncn1CC(F)F. The number of hydrogen-bond acceptors (Lipinski definition) is 5. The van der Waals surface area contributed by atoms with E-state index in [-0.39, 0.29) is 0 Å². The Balaban J connectivity index is 1.27. The highest BCUT2D eigenvalue weighted by Gasteiger charge is 2.19. The van der Waals surface area contributed by atoms with Gasteiger partial charge in [-0.1, -0.05) is 6.07 Å². The number of imidazole rings is 1. The van der Waals surface area contributed by atoms with Crippen molar-refractivity contribution in [2.75, 3.05) is 31.1 Å². The predicted octanol–water partition coefficient (Wildman–Crippen LogP) is 2.63. The van der Waals surface area contributed by atoms with Crippen molar-refractivity contribution in [3.05, 3.63) is 71.2 Å². The molecule has 160 valence electrons. The van der Waals surface area contributed by atoms with Gasteiger partial charge in [-0.2, -0.15) is 0 Å². The van der Waals surface area contributed by atoms with Crippen LogP contribution in [-0.4, -0.2) is 56.4 Å². The van der Waals surface area contributed by atoms with E-state index in [0.717, 1.165) is 54.3 Å². The monoisotopic (exact) mass is 424 g/mol. The molecule has 0 N–H and O–H groups in total. The van der Waals surface area contributed by atoms with Gasteiger partial charge in [0.25, 0.3) is 12.0 Å². The highest BCUT2D eigenvalue weighted by molar-refractivity contribution is 5.81. The van der Waals surface area contributed by atoms with E-state index in [1.807, 2.05) is 40.9 Å². The largest absolute Gasteiger partial charge is 0.369 e. The molecule has 4 heterocycles. The van der Waals surface area contributed by atoms with Crippen LogP contribution in [0.3, 0.4) is 0 Å². The summed E-state index contributed by atoms with van der Waals surface area (Å²) in [6.45, 7) is 3.66. The zero-order valence-corrected chi connectivity index (χ0v) is 16.9. The number of aromatic nitrogens is 4. The average molecular weight is 424 g/mol. The van der Waals surface area contributed by atoms with E-state index in [2.05, 4.69) is 26.0 Å². The van der Waals surface area contributed by atoms with Crippen molar-refractivity contribution in [1.82, 2.24) is 23.8 Å². The standard InChI is InChI=1S/C22H22F2N6O/c23-20(24)14-30-15-25-19-11-17(4-5-18(19)22(30)31)28-9-7-27(8-10-28)12-16-13-29-6-2-1-3-21(29)26-16/h1-6,11,13,15,20H,7-10,12,14H2. The number of hydrogen-bond donors (Lipinski definition) is 0. The van der Waals surface area contributed by atoms with Gasteiger partial charge in [-0.25, -0.2) is 18.7 Å². The van der Waals surface area contributed by atoms with Gasteiger partial charge in [0.05, 0.1) is 29.5 Å². The third kappa shape index (κ3) is 4.00. The predicted molar refractivity (Wildman–Crippen MR) is 115 cm³/mol. The maximum Gasteiger partial charge on any atom is 0.261 e. The summed E-state index contributed by atoms with van der Waals surface area (Å²) in [4.78, 5) is 25.9. The fourth-order valence-corrected chi connectivity index (χ4v) is 4.08. The number of piperazine rings is 1. The van der Waals surface area contributed by atoms with Crippen molar-refractivity contribution in [1.29, 1.82) is 0 Å². The van der Waals surface area contributed by atoms with Crippen LogP contribution in [0.25, 0.3) is 16.6 Å². The molecule has 31 heavy (non-hydrogen) atoms. The molecule has 1 aliphatic rings. The second-order valence-electron chi connectivity index (χ2n) is 7.76. The van der Waals surface area contributed by atoms with Crippen LogP contribution in [0.4, 0.5) is 14.5 Å². The normalized spacial score (nSPS) is 15.4. The quantitative estimate of drug-likeness (QED) is 0.493. The molecule has 9 heteroatoms. The molecule has 0 radical (unpaired) electrons. The van der Waals surface area contributed by atoms with Gasteiger partial charge in [0.2, 0.25) is 0 Å². The molecule has 1 fully saturated rings. The van der Waals surface area contributed by atoms with Crippen molar-refractivity contribution in [2.45, 2.75) is 19.5 Å². The number of benzene rings is 1. The summed E-state index contributed by atoms with van der Waals surface area (Å²) in [5.74, 6) is 0. The molecule has 0 spiro atoms. The number of anilines is 1. The van der Waals surface area contributed by atoms with Crippen LogP contribution in [0.1, 0.15) is 5.69 Å². The van der Waals surface area contributed by atoms with E-state index in [1.54, 1.807) is 6.07 Å². The Hall–Kier alpha value is -3.33. The first-order valence-corrected chi connectivity index (χ1v) is 10.2. The van der Waals surface area contributed by atoms with Gasteiger partial charge in [0.1, 0.15) is 5.65 Å². The molecular weight excluding hydrogens is 402 g/mol. The van der Waals surface area contributed by atoms with Gasteiger partial charge < -0.3 is 9.30 Å². The summed E-state index contributed by atoms with van der Waals surface area (Å²) in [5.41, 5.74) is 3.08. The maximum atomic E-state index is 12.6. The van der Waals surface area contributed by atoms with Gasteiger partial charge in [-0.15, -0.1) is 0 Å². The summed E-state index contributed by atoms with van der Waals surface area (Å²) in [5, 5.41) is 0.359. The third-order valence-corrected chi connectivity index (χ3v) is 5.68. The average Bonchev–Trinajstić information content (AvgIpc) is 3.18. The smallest absolute Gasteiger partial charge is 0.261 e. The molecule has 3 aromatic heterocycles. The van der Waals surface area contributed by atoms with Gasteiger partial charge in [-0.3, -0.25) is 14.3 Å². The lowest BCUT2D eigenvalue weighted by Gasteiger charge is -2.35. The van der Waals surface area contributed by atoms with E-state index in [1.165, 1.54) is 6.33 Å². The fraction of sp³-hybridized carbons (Fsp3) is 0.318. The van der Waals surface area contributed by atoms with Crippen molar-refractivity contribution in [3.8, 4) is 0 Å². The Morgan fingerprint density at radius 2 is 1.90 bits per heavy atom. The van der Waals surface area contributed by atoms with Crippen LogP contribution in [0, 0.1) is 0 Å². The first-order valence-electron chi connectivity index (χ1n) is 10.2.